The summed E-state index contributed by atoms with van der Waals surface area (Å²) in [6.45, 7) is 8.11. The summed E-state index contributed by atoms with van der Waals surface area (Å²) in [5.41, 5.74) is 1.70. The third kappa shape index (κ3) is 8.64. The molecule has 0 saturated heterocycles. The molecule has 2 N–H and O–H groups in total. The zero-order chi connectivity index (χ0) is 30.0. The van der Waals surface area contributed by atoms with E-state index in [4.69, 9.17) is 9.47 Å². The molecule has 11 heteroatoms. The number of rotatable bonds is 15. The molecule has 0 bridgehead atoms. The third-order valence-electron chi connectivity index (χ3n) is 6.29. The molecular formula is C31H34F3N5O3. The molecule has 3 heterocycles. The first-order chi connectivity index (χ1) is 20.2. The minimum absolute atomic E-state index is 0.0240. The van der Waals surface area contributed by atoms with Gasteiger partial charge in [0.25, 0.3) is 0 Å². The van der Waals surface area contributed by atoms with Gasteiger partial charge in [-0.3, -0.25) is 4.98 Å². The maximum absolute atomic E-state index is 13.8. The van der Waals surface area contributed by atoms with E-state index in [1.165, 1.54) is 30.7 Å². The Morgan fingerprint density at radius 1 is 1.05 bits per heavy atom. The van der Waals surface area contributed by atoms with Crippen molar-refractivity contribution in [2.24, 2.45) is 0 Å². The standard InChI is InChI=1S/C31H34F3N5O3/c1-3-15-41-17-13-22(2)7-6-16-42-26-10-4-8-23(18-26)30(40)37-25-11-12-29(36-21-25)39-28(31(32,33)34)19-27(38-39)24-9-5-14-35-20-24/h4-5,8-12,14,18-21,30,37,40H,2-3,6-7,13,15-17H2,1H3. The van der Waals surface area contributed by atoms with E-state index in [0.717, 1.165) is 48.6 Å². The fourth-order valence-corrected chi connectivity index (χ4v) is 4.13. The molecule has 4 aromatic rings. The number of aliphatic hydroxyl groups is 1. The topological polar surface area (TPSA) is 94.3 Å². The number of anilines is 1. The molecule has 3 aromatic heterocycles. The molecule has 0 spiro atoms. The van der Waals surface area contributed by atoms with Gasteiger partial charge in [-0.05, 0) is 68.1 Å². The highest BCUT2D eigenvalue weighted by Crippen LogP contribution is 2.34. The van der Waals surface area contributed by atoms with Crippen molar-refractivity contribution in [2.75, 3.05) is 25.1 Å². The monoisotopic (exact) mass is 581 g/mol. The van der Waals surface area contributed by atoms with Gasteiger partial charge in [0.05, 0.1) is 30.8 Å². The fourth-order valence-electron chi connectivity index (χ4n) is 4.13. The van der Waals surface area contributed by atoms with Crippen molar-refractivity contribution in [3.05, 3.63) is 96.6 Å². The van der Waals surface area contributed by atoms with Gasteiger partial charge in [0, 0.05) is 30.1 Å². The average Bonchev–Trinajstić information content (AvgIpc) is 3.45. The Labute approximate surface area is 242 Å². The Hall–Kier alpha value is -4.22. The maximum atomic E-state index is 13.8. The van der Waals surface area contributed by atoms with E-state index in [1.807, 2.05) is 6.07 Å². The predicted molar refractivity (Wildman–Crippen MR) is 154 cm³/mol. The zero-order valence-electron chi connectivity index (χ0n) is 23.3. The van der Waals surface area contributed by atoms with Crippen molar-refractivity contribution in [1.29, 1.82) is 0 Å². The number of aromatic nitrogens is 4. The summed E-state index contributed by atoms with van der Waals surface area (Å²) < 4.78 is 53.4. The first-order valence-corrected chi connectivity index (χ1v) is 13.7. The van der Waals surface area contributed by atoms with E-state index < -0.39 is 18.1 Å². The van der Waals surface area contributed by atoms with Crippen molar-refractivity contribution < 1.29 is 27.8 Å². The Bertz CT molecular complexity index is 1430. The number of nitrogens with one attached hydrogen (secondary N) is 1. The van der Waals surface area contributed by atoms with Crippen LogP contribution in [0.25, 0.3) is 17.1 Å². The number of hydrogen-bond donors (Lipinski definition) is 2. The molecule has 0 aliphatic heterocycles. The molecule has 1 unspecified atom stereocenters. The van der Waals surface area contributed by atoms with Crippen LogP contribution in [-0.4, -0.2) is 44.7 Å². The van der Waals surface area contributed by atoms with Gasteiger partial charge < -0.3 is 19.9 Å². The molecule has 42 heavy (non-hydrogen) atoms. The lowest BCUT2D eigenvalue weighted by atomic mass is 10.1. The van der Waals surface area contributed by atoms with Crippen LogP contribution in [-0.2, 0) is 10.9 Å². The number of pyridine rings is 2. The molecule has 222 valence electrons. The van der Waals surface area contributed by atoms with Crippen LogP contribution in [0.5, 0.6) is 5.75 Å². The van der Waals surface area contributed by atoms with Crippen LogP contribution in [0.3, 0.4) is 0 Å². The summed E-state index contributed by atoms with van der Waals surface area (Å²) in [6, 6.07) is 14.2. The van der Waals surface area contributed by atoms with Crippen LogP contribution in [0.4, 0.5) is 18.9 Å². The van der Waals surface area contributed by atoms with Crippen LogP contribution in [0, 0.1) is 0 Å². The number of benzene rings is 1. The summed E-state index contributed by atoms with van der Waals surface area (Å²) in [7, 11) is 0. The second-order valence-corrected chi connectivity index (χ2v) is 9.65. The molecule has 0 saturated carbocycles. The molecule has 1 aromatic carbocycles. The first kappa shape index (κ1) is 30.7. The van der Waals surface area contributed by atoms with Gasteiger partial charge in [-0.25, -0.2) is 9.67 Å². The molecule has 0 aliphatic carbocycles. The molecule has 8 nitrogen and oxygen atoms in total. The number of alkyl halides is 3. The normalized spacial score (nSPS) is 12.2. The zero-order valence-corrected chi connectivity index (χ0v) is 23.3. The van der Waals surface area contributed by atoms with Crippen LogP contribution in [0.1, 0.15) is 50.1 Å². The summed E-state index contributed by atoms with van der Waals surface area (Å²) in [6.07, 6.45) is 2.05. The highest BCUT2D eigenvalue weighted by Gasteiger charge is 2.36. The van der Waals surface area contributed by atoms with Crippen LogP contribution < -0.4 is 10.1 Å². The molecular weight excluding hydrogens is 547 g/mol. The average molecular weight is 582 g/mol. The molecule has 1 atom stereocenters. The number of hydrogen-bond acceptors (Lipinski definition) is 7. The molecule has 4 rings (SSSR count). The first-order valence-electron chi connectivity index (χ1n) is 13.7. The van der Waals surface area contributed by atoms with E-state index in [9.17, 15) is 18.3 Å². The SMILES string of the molecule is C=C(CCCOc1cccc(C(O)Nc2ccc(-n3nc(-c4cccnc4)cc3C(F)(F)F)nc2)c1)CCOCCC. The Balaban J connectivity index is 1.34. The van der Waals surface area contributed by atoms with Gasteiger partial charge >= 0.3 is 6.18 Å². The molecule has 0 radical (unpaired) electrons. The lowest BCUT2D eigenvalue weighted by Gasteiger charge is -2.16. The van der Waals surface area contributed by atoms with Gasteiger partial charge in [0.15, 0.2) is 17.7 Å². The van der Waals surface area contributed by atoms with Crippen LogP contribution >= 0.6 is 0 Å². The Morgan fingerprint density at radius 3 is 2.62 bits per heavy atom. The summed E-state index contributed by atoms with van der Waals surface area (Å²) >= 11 is 0. The highest BCUT2D eigenvalue weighted by molar-refractivity contribution is 5.59. The maximum Gasteiger partial charge on any atom is 0.433 e. The second-order valence-electron chi connectivity index (χ2n) is 9.65. The number of ether oxygens (including phenoxy) is 2. The predicted octanol–water partition coefficient (Wildman–Crippen LogP) is 6.98. The molecule has 0 aliphatic rings. The summed E-state index contributed by atoms with van der Waals surface area (Å²) in [4.78, 5) is 8.11. The van der Waals surface area contributed by atoms with Gasteiger partial charge in [-0.15, -0.1) is 0 Å². The quantitative estimate of drug-likeness (QED) is 0.0888. The van der Waals surface area contributed by atoms with Gasteiger partial charge in [-0.2, -0.15) is 18.3 Å². The van der Waals surface area contributed by atoms with Gasteiger partial charge in [0.2, 0.25) is 0 Å². The lowest BCUT2D eigenvalue weighted by Crippen LogP contribution is -2.14. The van der Waals surface area contributed by atoms with Crippen LogP contribution in [0.2, 0.25) is 0 Å². The Morgan fingerprint density at radius 2 is 1.90 bits per heavy atom. The van der Waals surface area contributed by atoms with Crippen molar-refractivity contribution in [1.82, 2.24) is 19.7 Å². The number of nitrogens with zero attached hydrogens (tertiary/aromatic N) is 4. The van der Waals surface area contributed by atoms with Crippen molar-refractivity contribution in [3.8, 4) is 22.8 Å². The smallest absolute Gasteiger partial charge is 0.433 e. The summed E-state index contributed by atoms with van der Waals surface area (Å²) in [5, 5.41) is 17.8. The Kier molecular flexibility index (Phi) is 10.7. The van der Waals surface area contributed by atoms with Crippen molar-refractivity contribution in [2.45, 2.75) is 45.0 Å². The number of aliphatic hydroxyl groups excluding tert-OH is 1. The van der Waals surface area contributed by atoms with E-state index in [1.54, 1.807) is 30.3 Å². The van der Waals surface area contributed by atoms with E-state index in [2.05, 4.69) is 33.9 Å². The van der Waals surface area contributed by atoms with Gasteiger partial charge in [0.1, 0.15) is 5.75 Å². The van der Waals surface area contributed by atoms with Crippen molar-refractivity contribution >= 4 is 5.69 Å². The van der Waals surface area contributed by atoms with Crippen molar-refractivity contribution in [3.63, 3.8) is 0 Å². The van der Waals surface area contributed by atoms with Gasteiger partial charge in [-0.1, -0.05) is 31.2 Å². The number of halogens is 3. The minimum Gasteiger partial charge on any atom is -0.494 e. The second kappa shape index (κ2) is 14.6. The largest absolute Gasteiger partial charge is 0.494 e. The van der Waals surface area contributed by atoms with E-state index >= 15 is 0 Å². The molecule has 0 fully saturated rings. The minimum atomic E-state index is -4.65. The molecule has 0 amide bonds. The van der Waals surface area contributed by atoms with E-state index in [-0.39, 0.29) is 11.5 Å². The van der Waals surface area contributed by atoms with Crippen LogP contribution in [0.15, 0.2) is 85.3 Å². The fraction of sp³-hybridized carbons (Fsp3) is 0.323. The lowest BCUT2D eigenvalue weighted by molar-refractivity contribution is -0.142. The highest BCUT2D eigenvalue weighted by atomic mass is 19.4. The summed E-state index contributed by atoms with van der Waals surface area (Å²) in [5.74, 6) is 0.588. The third-order valence-corrected chi connectivity index (χ3v) is 6.29. The van der Waals surface area contributed by atoms with E-state index in [0.29, 0.717) is 35.8 Å².